The van der Waals surface area contributed by atoms with Gasteiger partial charge >= 0.3 is 10.4 Å². The summed E-state index contributed by atoms with van der Waals surface area (Å²) in [5.74, 6) is 0.0503. The number of rotatable bonds is 7. The second-order valence-corrected chi connectivity index (χ2v) is 5.61. The summed E-state index contributed by atoms with van der Waals surface area (Å²) in [6.07, 6.45) is 0. The summed E-state index contributed by atoms with van der Waals surface area (Å²) in [4.78, 5) is 6.20. The fourth-order valence-electron chi connectivity index (χ4n) is 1.91. The van der Waals surface area contributed by atoms with E-state index in [-0.39, 0.29) is 46.5 Å². The Hall–Kier alpha value is -3.61. The Morgan fingerprint density at radius 2 is 1.56 bits per heavy atom. The van der Waals surface area contributed by atoms with E-state index in [4.69, 9.17) is 37.7 Å². The van der Waals surface area contributed by atoms with Crippen LogP contribution < -0.4 is 19.9 Å². The summed E-state index contributed by atoms with van der Waals surface area (Å²) in [7, 11) is -4.65. The van der Waals surface area contributed by atoms with Crippen molar-refractivity contribution in [2.45, 2.75) is 6.92 Å². The van der Waals surface area contributed by atoms with E-state index in [1.54, 1.807) is 19.1 Å². The second kappa shape index (κ2) is 9.76. The Kier molecular flexibility index (Phi) is 7.75. The molecular formula is C16H12N4O6S. The van der Waals surface area contributed by atoms with Gasteiger partial charge in [0.1, 0.15) is 24.7 Å². The van der Waals surface area contributed by atoms with Crippen LogP contribution in [-0.4, -0.2) is 32.8 Å². The van der Waals surface area contributed by atoms with Gasteiger partial charge in [0.2, 0.25) is 0 Å². The minimum atomic E-state index is -4.65. The molecule has 0 aromatic heterocycles. The summed E-state index contributed by atoms with van der Waals surface area (Å²) in [5, 5.41) is 18.4. The predicted molar refractivity (Wildman–Crippen MR) is 91.1 cm³/mol. The van der Waals surface area contributed by atoms with Gasteiger partial charge in [-0.3, -0.25) is 4.55 Å². The lowest BCUT2D eigenvalue weighted by Gasteiger charge is -2.11. The molecule has 27 heavy (non-hydrogen) atoms. The minimum Gasteiger partial charge on any atom is -0.495 e. The largest absolute Gasteiger partial charge is 0.495 e. The zero-order valence-corrected chi connectivity index (χ0v) is 14.8. The fraction of sp³-hybridized carbons (Fsp3) is 0.250. The van der Waals surface area contributed by atoms with Crippen molar-refractivity contribution in [1.29, 1.82) is 10.5 Å². The molecule has 0 aliphatic heterocycles. The average Bonchev–Trinajstić information content (AvgIpc) is 2.62. The first-order chi connectivity index (χ1) is 12.8. The molecule has 0 heterocycles. The van der Waals surface area contributed by atoms with E-state index in [9.17, 15) is 8.42 Å². The molecule has 1 aromatic carbocycles. The Balaban J connectivity index is 3.63. The molecule has 0 aliphatic rings. The van der Waals surface area contributed by atoms with Gasteiger partial charge in [-0.1, -0.05) is 0 Å². The number of ether oxygens (including phenoxy) is 2. The van der Waals surface area contributed by atoms with E-state index in [0.29, 0.717) is 0 Å². The van der Waals surface area contributed by atoms with Gasteiger partial charge < -0.3 is 9.47 Å². The Bertz CT molecular complexity index is 1080. The van der Waals surface area contributed by atoms with E-state index in [2.05, 4.69) is 13.9 Å². The normalized spacial score (nSPS) is 12.5. The predicted octanol–water partition coefficient (Wildman–Crippen LogP) is 0.386. The van der Waals surface area contributed by atoms with Crippen LogP contribution in [0.3, 0.4) is 0 Å². The van der Waals surface area contributed by atoms with Crippen molar-refractivity contribution in [2.24, 2.45) is 0 Å². The molecule has 1 rings (SSSR count). The van der Waals surface area contributed by atoms with Crippen LogP contribution in [0.1, 0.15) is 6.92 Å². The van der Waals surface area contributed by atoms with Gasteiger partial charge in [-0.2, -0.15) is 8.42 Å². The van der Waals surface area contributed by atoms with Crippen molar-refractivity contribution in [2.75, 3.05) is 19.8 Å². The lowest BCUT2D eigenvalue weighted by molar-refractivity contribution is 0.200. The molecule has 138 valence electrons. The van der Waals surface area contributed by atoms with Crippen LogP contribution in [0.25, 0.3) is 21.1 Å². The zero-order valence-electron chi connectivity index (χ0n) is 14.0. The molecule has 0 fully saturated rings. The molecule has 1 aromatic rings. The van der Waals surface area contributed by atoms with E-state index >= 15 is 0 Å². The summed E-state index contributed by atoms with van der Waals surface area (Å²) < 4.78 is 44.5. The van der Waals surface area contributed by atoms with Crippen molar-refractivity contribution in [1.82, 2.24) is 0 Å². The van der Waals surface area contributed by atoms with E-state index in [0.717, 1.165) is 0 Å². The number of hydrogen-bond donors (Lipinski definition) is 1. The van der Waals surface area contributed by atoms with Gasteiger partial charge in [-0.25, -0.2) is 24.4 Å². The van der Waals surface area contributed by atoms with Gasteiger partial charge in [0.25, 0.3) is 11.4 Å². The molecule has 0 atom stereocenters. The zero-order chi connectivity index (χ0) is 20.4. The third-order valence-electron chi connectivity index (χ3n) is 2.90. The van der Waals surface area contributed by atoms with Crippen LogP contribution in [-0.2, 0) is 14.6 Å². The standard InChI is InChI=1S/C16H12N4O6S/c1-4-24-15-7-12(14(10-18)20-3)16(8-11(15)13(9-17)19-2)25-5-6-26-27(21,22)23/h7-8H,4-6H2,1H3,(H,21,22,23). The molecule has 0 bridgehead atoms. The molecular weight excluding hydrogens is 376 g/mol. The summed E-state index contributed by atoms with van der Waals surface area (Å²) in [5.41, 5.74) is -0.639. The van der Waals surface area contributed by atoms with Crippen LogP contribution in [0, 0.1) is 35.8 Å². The van der Waals surface area contributed by atoms with Crippen molar-refractivity contribution in [3.63, 3.8) is 0 Å². The van der Waals surface area contributed by atoms with Gasteiger partial charge in [-0.15, -0.1) is 0 Å². The molecule has 0 radical (unpaired) electrons. The third-order valence-corrected chi connectivity index (χ3v) is 3.36. The van der Waals surface area contributed by atoms with Crippen molar-refractivity contribution in [3.05, 3.63) is 45.4 Å². The highest BCUT2D eigenvalue weighted by atomic mass is 32.3. The monoisotopic (exact) mass is 388 g/mol. The summed E-state index contributed by atoms with van der Waals surface area (Å²) >= 11 is 0. The highest BCUT2D eigenvalue weighted by Crippen LogP contribution is 2.12. The van der Waals surface area contributed by atoms with Crippen molar-refractivity contribution < 1.29 is 26.6 Å². The first kappa shape index (κ1) is 21.4. The lowest BCUT2D eigenvalue weighted by atomic mass is 10.1. The molecule has 11 heteroatoms. The average molecular weight is 388 g/mol. The third kappa shape index (κ3) is 6.00. The quantitative estimate of drug-likeness (QED) is 0.402. The molecule has 0 saturated heterocycles. The lowest BCUT2D eigenvalue weighted by Crippen LogP contribution is -2.21. The van der Waals surface area contributed by atoms with Crippen molar-refractivity contribution >= 4 is 21.8 Å². The maximum absolute atomic E-state index is 10.5. The van der Waals surface area contributed by atoms with Crippen LogP contribution in [0.2, 0.25) is 0 Å². The van der Waals surface area contributed by atoms with Crippen LogP contribution in [0.4, 0.5) is 0 Å². The van der Waals surface area contributed by atoms with Gasteiger partial charge in [-0.05, 0) is 19.1 Å². The second-order valence-electron chi connectivity index (χ2n) is 4.52. The molecule has 0 amide bonds. The maximum atomic E-state index is 10.5. The number of nitrogens with zero attached hydrogens (tertiary/aromatic N) is 4. The fourth-order valence-corrected chi connectivity index (χ4v) is 2.18. The molecule has 0 saturated carbocycles. The Morgan fingerprint density at radius 1 is 1.07 bits per heavy atom. The first-order valence-corrected chi connectivity index (χ1v) is 8.53. The van der Waals surface area contributed by atoms with Crippen molar-refractivity contribution in [3.8, 4) is 23.6 Å². The molecule has 1 N–H and O–H groups in total. The molecule has 0 spiro atoms. The number of hydrogen-bond acceptors (Lipinski definition) is 7. The smallest absolute Gasteiger partial charge is 0.397 e. The topological polar surface area (TPSA) is 138 Å². The molecule has 10 nitrogen and oxygen atoms in total. The minimum absolute atomic E-state index is 0.0360. The number of benzene rings is 1. The molecule has 0 unspecified atom stereocenters. The number of nitriles is 2. The van der Waals surface area contributed by atoms with Crippen LogP contribution in [0.15, 0.2) is 12.1 Å². The van der Waals surface area contributed by atoms with Crippen LogP contribution >= 0.6 is 0 Å². The summed E-state index contributed by atoms with van der Waals surface area (Å²) in [6, 6.07) is 5.94. The van der Waals surface area contributed by atoms with Gasteiger partial charge in [0.15, 0.2) is 0 Å². The Morgan fingerprint density at radius 3 is 1.93 bits per heavy atom. The molecule has 0 aliphatic carbocycles. The maximum Gasteiger partial charge on any atom is 0.397 e. The van der Waals surface area contributed by atoms with Crippen LogP contribution in [0.5, 0.6) is 11.5 Å². The van der Waals surface area contributed by atoms with E-state index in [1.165, 1.54) is 12.1 Å². The van der Waals surface area contributed by atoms with E-state index < -0.39 is 17.0 Å². The Labute approximate surface area is 155 Å². The van der Waals surface area contributed by atoms with Gasteiger partial charge in [0.05, 0.1) is 31.9 Å². The summed E-state index contributed by atoms with van der Waals surface area (Å²) in [6.45, 7) is 15.2. The van der Waals surface area contributed by atoms with E-state index in [1.807, 2.05) is 0 Å². The first-order valence-electron chi connectivity index (χ1n) is 7.16. The van der Waals surface area contributed by atoms with Gasteiger partial charge in [0, 0.05) is 10.4 Å². The highest BCUT2D eigenvalue weighted by molar-refractivity contribution is 7.80. The SMILES string of the molecule is [C-]#[N+]C(C#N)=c1cc(OCCOS(=O)(=O)O)c(=C(C#N)[N+]#[C-])cc1OCC. The highest BCUT2D eigenvalue weighted by Gasteiger charge is 2.12.